The van der Waals surface area contributed by atoms with Crippen LogP contribution >= 0.6 is 0 Å². The highest BCUT2D eigenvalue weighted by Crippen LogP contribution is 2.30. The number of carbonyl (C=O) groups is 1. The van der Waals surface area contributed by atoms with Crippen LogP contribution in [0.25, 0.3) is 0 Å². The number of aliphatic hydroxyl groups excluding tert-OH is 1. The van der Waals surface area contributed by atoms with Gasteiger partial charge in [0.15, 0.2) is 5.71 Å². The Hall–Kier alpha value is -3.84. The number of aryl methyl sites for hydroxylation is 1. The number of hydrogen-bond donors (Lipinski definition) is 2. The van der Waals surface area contributed by atoms with Gasteiger partial charge in [-0.1, -0.05) is 48.5 Å². The normalized spacial score (nSPS) is 14.7. The molecule has 4 rings (SSSR count). The zero-order valence-corrected chi connectivity index (χ0v) is 16.4. The fourth-order valence-electron chi connectivity index (χ4n) is 3.35. The predicted octanol–water partition coefficient (Wildman–Crippen LogP) is 2.96. The number of amides is 1. The van der Waals surface area contributed by atoms with E-state index in [4.69, 9.17) is 0 Å². The van der Waals surface area contributed by atoms with Crippen LogP contribution in [-0.2, 0) is 17.9 Å². The summed E-state index contributed by atoms with van der Waals surface area (Å²) < 4.78 is 0. The molecule has 3 aromatic rings. The maximum Gasteiger partial charge on any atom is 0.279 e. The fourth-order valence-corrected chi connectivity index (χ4v) is 3.35. The molecule has 2 heterocycles. The molecule has 0 unspecified atom stereocenters. The molecule has 0 saturated carbocycles. The van der Waals surface area contributed by atoms with Gasteiger partial charge in [0.25, 0.3) is 5.91 Å². The van der Waals surface area contributed by atoms with Gasteiger partial charge >= 0.3 is 0 Å². The maximum atomic E-state index is 13.1. The molecule has 2 N–H and O–H groups in total. The van der Waals surface area contributed by atoms with Gasteiger partial charge < -0.3 is 15.1 Å². The summed E-state index contributed by atoms with van der Waals surface area (Å²) >= 11 is 0. The molecule has 0 radical (unpaired) electrons. The molecule has 30 heavy (non-hydrogen) atoms. The van der Waals surface area contributed by atoms with Crippen molar-refractivity contribution in [3.05, 3.63) is 88.7 Å². The summed E-state index contributed by atoms with van der Waals surface area (Å²) in [5.41, 5.74) is 3.88. The summed E-state index contributed by atoms with van der Waals surface area (Å²) in [7, 11) is 0. The van der Waals surface area contributed by atoms with Crippen molar-refractivity contribution in [3.8, 4) is 5.75 Å². The first-order valence-corrected chi connectivity index (χ1v) is 9.44. The van der Waals surface area contributed by atoms with Crippen molar-refractivity contribution in [3.63, 3.8) is 0 Å². The predicted molar refractivity (Wildman–Crippen MR) is 115 cm³/mol. The van der Waals surface area contributed by atoms with E-state index in [0.29, 0.717) is 28.9 Å². The SMILES string of the molecule is Cc1ncc(CO)c(/C=N/N=C2\C(=O)N(Cc3ccccc3)c3ccccc32)c1O. The summed E-state index contributed by atoms with van der Waals surface area (Å²) in [4.78, 5) is 18.8. The van der Waals surface area contributed by atoms with Crippen molar-refractivity contribution < 1.29 is 15.0 Å². The van der Waals surface area contributed by atoms with Crippen LogP contribution in [0.1, 0.15) is 27.9 Å². The molecule has 150 valence electrons. The van der Waals surface area contributed by atoms with Crippen LogP contribution in [0.3, 0.4) is 0 Å². The van der Waals surface area contributed by atoms with Crippen LogP contribution < -0.4 is 4.90 Å². The largest absolute Gasteiger partial charge is 0.505 e. The lowest BCUT2D eigenvalue weighted by Crippen LogP contribution is -2.29. The molecule has 1 aromatic heterocycles. The van der Waals surface area contributed by atoms with E-state index in [1.165, 1.54) is 12.4 Å². The van der Waals surface area contributed by atoms with Crippen molar-refractivity contribution in [1.29, 1.82) is 0 Å². The minimum Gasteiger partial charge on any atom is -0.505 e. The molecule has 1 aliphatic rings. The van der Waals surface area contributed by atoms with Gasteiger partial charge in [0.1, 0.15) is 5.75 Å². The molecule has 0 aliphatic carbocycles. The van der Waals surface area contributed by atoms with Gasteiger partial charge in [0, 0.05) is 22.9 Å². The van der Waals surface area contributed by atoms with Gasteiger partial charge in [-0.15, -0.1) is 5.10 Å². The molecule has 1 aliphatic heterocycles. The first kappa shape index (κ1) is 19.5. The highest BCUT2D eigenvalue weighted by molar-refractivity contribution is 6.54. The number of nitrogens with zero attached hydrogens (tertiary/aromatic N) is 4. The number of aromatic nitrogens is 1. The topological polar surface area (TPSA) is 98.4 Å². The number of aliphatic hydroxyl groups is 1. The van der Waals surface area contributed by atoms with Crippen LogP contribution in [-0.4, -0.2) is 33.0 Å². The number of rotatable bonds is 5. The minimum atomic E-state index is -0.300. The highest BCUT2D eigenvalue weighted by atomic mass is 16.3. The van der Waals surface area contributed by atoms with E-state index in [1.54, 1.807) is 11.8 Å². The Morgan fingerprint density at radius 2 is 1.83 bits per heavy atom. The number of fused-ring (bicyclic) bond motifs is 1. The van der Waals surface area contributed by atoms with Gasteiger partial charge in [-0.05, 0) is 18.6 Å². The number of aromatic hydroxyl groups is 1. The Kier molecular flexibility index (Phi) is 5.36. The first-order valence-electron chi connectivity index (χ1n) is 9.44. The lowest BCUT2D eigenvalue weighted by molar-refractivity contribution is -0.112. The molecule has 0 atom stereocenters. The van der Waals surface area contributed by atoms with Crippen molar-refractivity contribution >= 4 is 23.5 Å². The Morgan fingerprint density at radius 3 is 2.60 bits per heavy atom. The number of hydrogen-bond acceptors (Lipinski definition) is 6. The Morgan fingerprint density at radius 1 is 1.10 bits per heavy atom. The summed E-state index contributed by atoms with van der Waals surface area (Å²) in [6.45, 7) is 1.78. The minimum absolute atomic E-state index is 0.0747. The molecule has 1 amide bonds. The number of carbonyl (C=O) groups excluding carboxylic acids is 1. The number of pyridine rings is 1. The molecular weight excluding hydrogens is 380 g/mol. The third-order valence-corrected chi connectivity index (χ3v) is 4.95. The second-order valence-electron chi connectivity index (χ2n) is 6.88. The molecule has 0 saturated heterocycles. The number of benzene rings is 2. The van der Waals surface area contributed by atoms with Gasteiger partial charge in [-0.3, -0.25) is 9.78 Å². The molecule has 7 nitrogen and oxygen atoms in total. The van der Waals surface area contributed by atoms with Gasteiger partial charge in [0.05, 0.1) is 30.7 Å². The quantitative estimate of drug-likeness (QED) is 0.508. The maximum absolute atomic E-state index is 13.1. The molecule has 0 fully saturated rings. The summed E-state index contributed by atoms with van der Waals surface area (Å²) in [6, 6.07) is 17.2. The van der Waals surface area contributed by atoms with Crippen molar-refractivity contribution in [2.45, 2.75) is 20.1 Å². The Balaban J connectivity index is 1.68. The molecule has 2 aromatic carbocycles. The van der Waals surface area contributed by atoms with Crippen LogP contribution in [0.2, 0.25) is 0 Å². The third kappa shape index (κ3) is 3.58. The van der Waals surface area contributed by atoms with E-state index in [-0.39, 0.29) is 24.0 Å². The van der Waals surface area contributed by atoms with E-state index in [0.717, 1.165) is 11.3 Å². The summed E-state index contributed by atoms with van der Waals surface area (Å²) in [5, 5.41) is 27.9. The Labute approximate surface area is 173 Å². The first-order chi connectivity index (χ1) is 14.6. The molecule has 0 bridgehead atoms. The Bertz CT molecular complexity index is 1160. The lowest BCUT2D eigenvalue weighted by Gasteiger charge is -2.16. The van der Waals surface area contributed by atoms with Crippen LogP contribution in [0.15, 0.2) is 71.0 Å². The van der Waals surface area contributed by atoms with E-state index in [1.807, 2.05) is 54.6 Å². The second-order valence-corrected chi connectivity index (χ2v) is 6.88. The average molecular weight is 400 g/mol. The van der Waals surface area contributed by atoms with Crippen molar-refractivity contribution in [2.24, 2.45) is 10.2 Å². The van der Waals surface area contributed by atoms with Gasteiger partial charge in [-0.2, -0.15) is 5.10 Å². The van der Waals surface area contributed by atoms with E-state index in [9.17, 15) is 15.0 Å². The van der Waals surface area contributed by atoms with Crippen LogP contribution in [0.5, 0.6) is 5.75 Å². The number of anilines is 1. The number of para-hydroxylation sites is 1. The monoisotopic (exact) mass is 400 g/mol. The van der Waals surface area contributed by atoms with Crippen LogP contribution in [0, 0.1) is 6.92 Å². The van der Waals surface area contributed by atoms with Crippen molar-refractivity contribution in [2.75, 3.05) is 4.90 Å². The standard InChI is InChI=1S/C23H20N4O3/c1-15-22(29)19(17(14-28)11-24-15)12-25-26-21-18-9-5-6-10-20(18)27(23(21)30)13-16-7-3-2-4-8-16/h2-12,28-29H,13-14H2,1H3/b25-12+,26-21-. The lowest BCUT2D eigenvalue weighted by atomic mass is 10.1. The van der Waals surface area contributed by atoms with E-state index >= 15 is 0 Å². The van der Waals surface area contributed by atoms with Crippen molar-refractivity contribution in [1.82, 2.24) is 4.98 Å². The summed E-state index contributed by atoms with van der Waals surface area (Å²) in [5.74, 6) is -0.316. The van der Waals surface area contributed by atoms with Crippen LogP contribution in [0.4, 0.5) is 5.69 Å². The van der Waals surface area contributed by atoms with Gasteiger partial charge in [0.2, 0.25) is 0 Å². The zero-order chi connectivity index (χ0) is 21.1. The third-order valence-electron chi connectivity index (χ3n) is 4.95. The molecule has 7 heteroatoms. The van der Waals surface area contributed by atoms with Gasteiger partial charge in [-0.25, -0.2) is 0 Å². The smallest absolute Gasteiger partial charge is 0.279 e. The highest BCUT2D eigenvalue weighted by Gasteiger charge is 2.33. The van der Waals surface area contributed by atoms with E-state index in [2.05, 4.69) is 15.2 Å². The van der Waals surface area contributed by atoms with E-state index < -0.39 is 0 Å². The fraction of sp³-hybridized carbons (Fsp3) is 0.130. The zero-order valence-electron chi connectivity index (χ0n) is 16.4. The summed E-state index contributed by atoms with van der Waals surface area (Å²) in [6.07, 6.45) is 2.81. The second kappa shape index (κ2) is 8.26. The molecular formula is C23H20N4O3. The molecule has 0 spiro atoms. The average Bonchev–Trinajstić information content (AvgIpc) is 3.03.